The van der Waals surface area contributed by atoms with Crippen LogP contribution in [-0.4, -0.2) is 35.4 Å². The molecule has 2 saturated heterocycles. The Hall–Kier alpha value is -0.870. The maximum absolute atomic E-state index is 11.9. The van der Waals surface area contributed by atoms with Gasteiger partial charge in [0.05, 0.1) is 23.7 Å². The highest BCUT2D eigenvalue weighted by Crippen LogP contribution is 2.42. The maximum Gasteiger partial charge on any atom is 0.226 e. The van der Waals surface area contributed by atoms with Gasteiger partial charge in [-0.2, -0.15) is 0 Å². The molecule has 4 heteroatoms. The molecule has 0 radical (unpaired) electrons. The quantitative estimate of drug-likeness (QED) is 0.720. The van der Waals surface area contributed by atoms with Crippen molar-refractivity contribution in [3.05, 3.63) is 12.2 Å². The molecule has 0 aromatic carbocycles. The summed E-state index contributed by atoms with van der Waals surface area (Å²) in [5.74, 6) is 0.0902. The van der Waals surface area contributed by atoms with Gasteiger partial charge in [-0.05, 0) is 32.6 Å². The van der Waals surface area contributed by atoms with Gasteiger partial charge < -0.3 is 15.2 Å². The zero-order valence-electron chi connectivity index (χ0n) is 10.8. The van der Waals surface area contributed by atoms with Crippen molar-refractivity contribution in [2.45, 2.75) is 50.4 Å². The van der Waals surface area contributed by atoms with Crippen LogP contribution in [0.1, 0.15) is 32.6 Å². The lowest BCUT2D eigenvalue weighted by Gasteiger charge is -2.35. The summed E-state index contributed by atoms with van der Waals surface area (Å²) in [6.45, 7) is 2.58. The monoisotopic (exact) mass is 251 g/mol. The number of nitrogens with one attached hydrogen (secondary N) is 1. The van der Waals surface area contributed by atoms with E-state index >= 15 is 0 Å². The van der Waals surface area contributed by atoms with Crippen LogP contribution in [0.25, 0.3) is 0 Å². The molecule has 2 heterocycles. The molecular formula is C14H21NO3. The molecule has 0 saturated carbocycles. The van der Waals surface area contributed by atoms with E-state index in [1.807, 2.05) is 6.92 Å². The largest absolute Gasteiger partial charge is 0.390 e. The Bertz CT molecular complexity index is 381. The molecule has 1 amide bonds. The molecule has 18 heavy (non-hydrogen) atoms. The van der Waals surface area contributed by atoms with Crippen molar-refractivity contribution < 1.29 is 14.6 Å². The molecule has 0 aromatic rings. The second-order valence-corrected chi connectivity index (χ2v) is 5.87. The summed E-state index contributed by atoms with van der Waals surface area (Å²) >= 11 is 0. The van der Waals surface area contributed by atoms with Gasteiger partial charge in [0.2, 0.25) is 5.91 Å². The van der Waals surface area contributed by atoms with Crippen LogP contribution in [0.2, 0.25) is 0 Å². The summed E-state index contributed by atoms with van der Waals surface area (Å²) in [6, 6.07) is -0.273. The molecule has 100 valence electrons. The van der Waals surface area contributed by atoms with Crippen molar-refractivity contribution in [2.75, 3.05) is 6.61 Å². The number of aliphatic hydroxyl groups excluding tert-OH is 1. The molecule has 5 atom stereocenters. The maximum atomic E-state index is 11.9. The highest BCUT2D eigenvalue weighted by molar-refractivity contribution is 5.84. The minimum absolute atomic E-state index is 0.0406. The fourth-order valence-corrected chi connectivity index (χ4v) is 3.67. The summed E-state index contributed by atoms with van der Waals surface area (Å²) in [5.41, 5.74) is -0.526. The molecule has 2 fully saturated rings. The number of allylic oxidation sites excluding steroid dienone is 1. The molecule has 0 aromatic heterocycles. The zero-order chi connectivity index (χ0) is 12.8. The Morgan fingerprint density at radius 1 is 1.56 bits per heavy atom. The zero-order valence-corrected chi connectivity index (χ0v) is 10.8. The number of hydrogen-bond donors (Lipinski definition) is 2. The van der Waals surface area contributed by atoms with Crippen molar-refractivity contribution in [1.29, 1.82) is 0 Å². The van der Waals surface area contributed by atoms with Crippen molar-refractivity contribution in [2.24, 2.45) is 11.8 Å². The summed E-state index contributed by atoms with van der Waals surface area (Å²) in [7, 11) is 0. The van der Waals surface area contributed by atoms with Crippen LogP contribution < -0.4 is 5.32 Å². The molecule has 3 aliphatic rings. The topological polar surface area (TPSA) is 58.6 Å². The van der Waals surface area contributed by atoms with Crippen LogP contribution >= 0.6 is 0 Å². The van der Waals surface area contributed by atoms with Crippen LogP contribution in [-0.2, 0) is 9.53 Å². The SMILES string of the molecule is C[C@]12OCC[C@H]1C(=O)N[C@@H]2[C@@H](O)[C@@H]1C=CCCC1. The van der Waals surface area contributed by atoms with Crippen LogP contribution in [0.15, 0.2) is 12.2 Å². The molecule has 3 rings (SSSR count). The average molecular weight is 251 g/mol. The van der Waals surface area contributed by atoms with Gasteiger partial charge in [-0.3, -0.25) is 4.79 Å². The lowest BCUT2D eigenvalue weighted by molar-refractivity contribution is -0.123. The first-order valence-corrected chi connectivity index (χ1v) is 6.92. The molecule has 4 nitrogen and oxygen atoms in total. The van der Waals surface area contributed by atoms with Crippen LogP contribution in [0.3, 0.4) is 0 Å². The van der Waals surface area contributed by atoms with E-state index in [2.05, 4.69) is 17.5 Å². The van der Waals surface area contributed by atoms with E-state index in [-0.39, 0.29) is 23.8 Å². The third kappa shape index (κ3) is 1.70. The molecule has 2 N–H and O–H groups in total. The fraction of sp³-hybridized carbons (Fsp3) is 0.786. The Kier molecular flexibility index (Phi) is 2.94. The number of carbonyl (C=O) groups excluding carboxylic acids is 1. The second-order valence-electron chi connectivity index (χ2n) is 5.87. The Labute approximate surface area is 107 Å². The number of hydrogen-bond acceptors (Lipinski definition) is 3. The third-order valence-electron chi connectivity index (χ3n) is 4.81. The van der Waals surface area contributed by atoms with Crippen molar-refractivity contribution >= 4 is 5.91 Å². The van der Waals surface area contributed by atoms with Gasteiger partial charge in [0, 0.05) is 12.5 Å². The van der Waals surface area contributed by atoms with E-state index in [1.165, 1.54) is 0 Å². The van der Waals surface area contributed by atoms with E-state index in [0.29, 0.717) is 6.61 Å². The van der Waals surface area contributed by atoms with Gasteiger partial charge >= 0.3 is 0 Å². The lowest BCUT2D eigenvalue weighted by atomic mass is 9.79. The Morgan fingerprint density at radius 2 is 2.39 bits per heavy atom. The van der Waals surface area contributed by atoms with E-state index in [4.69, 9.17) is 4.74 Å². The smallest absolute Gasteiger partial charge is 0.226 e. The van der Waals surface area contributed by atoms with Crippen LogP contribution in [0.4, 0.5) is 0 Å². The highest BCUT2D eigenvalue weighted by Gasteiger charge is 2.58. The van der Waals surface area contributed by atoms with E-state index in [0.717, 1.165) is 25.7 Å². The molecular weight excluding hydrogens is 230 g/mol. The van der Waals surface area contributed by atoms with E-state index in [1.54, 1.807) is 0 Å². The number of carbonyl (C=O) groups is 1. The minimum atomic E-state index is -0.543. The predicted octanol–water partition coefficient (Wildman–Crippen LogP) is 0.997. The van der Waals surface area contributed by atoms with Crippen molar-refractivity contribution in [3.63, 3.8) is 0 Å². The van der Waals surface area contributed by atoms with Gasteiger partial charge in [0.1, 0.15) is 0 Å². The number of fused-ring (bicyclic) bond motifs is 1. The normalized spacial score (nSPS) is 44.8. The Morgan fingerprint density at radius 3 is 3.11 bits per heavy atom. The number of aliphatic hydroxyl groups is 1. The second kappa shape index (κ2) is 4.35. The number of ether oxygens (including phenoxy) is 1. The van der Waals surface area contributed by atoms with Gasteiger partial charge in [-0.15, -0.1) is 0 Å². The Balaban J connectivity index is 1.81. The van der Waals surface area contributed by atoms with Crippen LogP contribution in [0, 0.1) is 11.8 Å². The van der Waals surface area contributed by atoms with Gasteiger partial charge in [0.15, 0.2) is 0 Å². The third-order valence-corrected chi connectivity index (χ3v) is 4.81. The van der Waals surface area contributed by atoms with Gasteiger partial charge in [-0.1, -0.05) is 12.2 Å². The summed E-state index contributed by atoms with van der Waals surface area (Å²) in [5, 5.41) is 13.5. The standard InChI is InChI=1S/C14H21NO3/c1-14-10(7-8-18-14)13(17)15-12(14)11(16)9-5-3-2-4-6-9/h3,5,9-12,16H,2,4,6-8H2,1H3,(H,15,17)/t9-,10+,11+,12-,14+/m1/s1. The first-order chi connectivity index (χ1) is 8.63. The molecule has 0 unspecified atom stereocenters. The first kappa shape index (κ1) is 12.2. The van der Waals surface area contributed by atoms with Gasteiger partial charge in [0.25, 0.3) is 0 Å². The lowest BCUT2D eigenvalue weighted by Crippen LogP contribution is -2.53. The molecule has 2 aliphatic heterocycles. The molecule has 1 aliphatic carbocycles. The summed E-state index contributed by atoms with van der Waals surface area (Å²) in [4.78, 5) is 11.9. The first-order valence-electron chi connectivity index (χ1n) is 6.92. The summed E-state index contributed by atoms with van der Waals surface area (Å²) < 4.78 is 5.79. The van der Waals surface area contributed by atoms with Gasteiger partial charge in [-0.25, -0.2) is 0 Å². The predicted molar refractivity (Wildman–Crippen MR) is 66.9 cm³/mol. The van der Waals surface area contributed by atoms with Crippen molar-refractivity contribution in [1.82, 2.24) is 5.32 Å². The van der Waals surface area contributed by atoms with Crippen molar-refractivity contribution in [3.8, 4) is 0 Å². The average Bonchev–Trinajstić information content (AvgIpc) is 2.88. The molecule has 0 bridgehead atoms. The number of rotatable bonds is 2. The minimum Gasteiger partial charge on any atom is -0.390 e. The van der Waals surface area contributed by atoms with E-state index in [9.17, 15) is 9.90 Å². The fourth-order valence-electron chi connectivity index (χ4n) is 3.67. The summed E-state index contributed by atoms with van der Waals surface area (Å²) in [6.07, 6.45) is 7.64. The van der Waals surface area contributed by atoms with Crippen LogP contribution in [0.5, 0.6) is 0 Å². The number of amides is 1. The van der Waals surface area contributed by atoms with E-state index < -0.39 is 11.7 Å². The molecule has 0 spiro atoms. The highest BCUT2D eigenvalue weighted by atomic mass is 16.5.